The van der Waals surface area contributed by atoms with Crippen molar-refractivity contribution in [2.75, 3.05) is 5.73 Å². The van der Waals surface area contributed by atoms with Gasteiger partial charge in [0.2, 0.25) is 0 Å². The normalized spacial score (nSPS) is 13.3. The molecular formula is C22H28BrFN4O2Si. The van der Waals surface area contributed by atoms with Crippen molar-refractivity contribution in [1.29, 1.82) is 0 Å². The fraction of sp³-hybridized carbons (Fsp3) is 0.364. The molecule has 31 heavy (non-hydrogen) atoms. The highest BCUT2D eigenvalue weighted by Gasteiger charge is 2.39. The molecule has 0 unspecified atom stereocenters. The quantitative estimate of drug-likeness (QED) is 0.418. The number of nitrogen functional groups attached to an aromatic ring is 1. The number of ether oxygens (including phenoxy) is 1. The van der Waals surface area contributed by atoms with Gasteiger partial charge in [-0.3, -0.25) is 0 Å². The van der Waals surface area contributed by atoms with Gasteiger partial charge in [0.25, 0.3) is 0 Å². The molecule has 1 atom stereocenters. The van der Waals surface area contributed by atoms with Crippen molar-refractivity contribution in [2.45, 2.75) is 51.4 Å². The monoisotopic (exact) mass is 506 g/mol. The van der Waals surface area contributed by atoms with Gasteiger partial charge in [-0.2, -0.15) is 5.10 Å². The van der Waals surface area contributed by atoms with Crippen LogP contribution in [0.1, 0.15) is 38.1 Å². The van der Waals surface area contributed by atoms with Crippen molar-refractivity contribution in [3.05, 3.63) is 64.3 Å². The van der Waals surface area contributed by atoms with E-state index in [9.17, 15) is 9.19 Å². The Labute approximate surface area is 191 Å². The molecule has 0 saturated heterocycles. The number of nitrogens with zero attached hydrogens (tertiary/aromatic N) is 3. The highest BCUT2D eigenvalue weighted by atomic mass is 79.9. The lowest BCUT2D eigenvalue weighted by atomic mass is 10.0. The molecule has 0 saturated carbocycles. The lowest BCUT2D eigenvalue weighted by molar-refractivity contribution is 0.226. The Morgan fingerprint density at radius 2 is 2.00 bits per heavy atom. The maximum atomic E-state index is 14.2. The number of nitrogens with two attached hydrogens (primary N) is 1. The summed E-state index contributed by atoms with van der Waals surface area (Å²) in [4.78, 5) is 14.8. The Morgan fingerprint density at radius 3 is 2.68 bits per heavy atom. The number of benzene rings is 1. The molecule has 3 N–H and O–H groups in total. The van der Waals surface area contributed by atoms with Crippen molar-refractivity contribution in [2.24, 2.45) is 0 Å². The Hall–Kier alpha value is -2.23. The van der Waals surface area contributed by atoms with Gasteiger partial charge in [0.15, 0.2) is 19.9 Å². The molecule has 0 aliphatic carbocycles. The molecule has 2 aromatic heterocycles. The first-order valence-corrected chi connectivity index (χ1v) is 13.8. The maximum Gasteiger partial charge on any atom is 0.188 e. The van der Waals surface area contributed by atoms with Crippen molar-refractivity contribution in [3.8, 4) is 11.4 Å². The van der Waals surface area contributed by atoms with Gasteiger partial charge in [-0.15, -0.1) is 0 Å². The zero-order chi connectivity index (χ0) is 23.0. The second-order valence-corrected chi connectivity index (χ2v) is 14.2. The highest BCUT2D eigenvalue weighted by Crippen LogP contribution is 2.39. The Kier molecular flexibility index (Phi) is 6.59. The summed E-state index contributed by atoms with van der Waals surface area (Å²) < 4.78 is 22.8. The van der Waals surface area contributed by atoms with Crippen LogP contribution in [0.25, 0.3) is 5.69 Å². The summed E-state index contributed by atoms with van der Waals surface area (Å²) in [6.45, 7) is 9.83. The molecule has 2 heterocycles. The maximum absolute atomic E-state index is 14.2. The summed E-state index contributed by atoms with van der Waals surface area (Å²) in [5, 5.41) is 4.22. The van der Waals surface area contributed by atoms with Gasteiger partial charge in [-0.05, 0) is 77.7 Å². The topological polar surface area (TPSA) is 86.2 Å². The van der Waals surface area contributed by atoms with E-state index in [1.54, 1.807) is 29.2 Å². The molecule has 6 nitrogen and oxygen atoms in total. The van der Waals surface area contributed by atoms with Gasteiger partial charge in [0, 0.05) is 28.1 Å². The van der Waals surface area contributed by atoms with Crippen LogP contribution in [-0.2, 0) is 6.42 Å². The van der Waals surface area contributed by atoms with Crippen LogP contribution >= 0.6 is 15.9 Å². The van der Waals surface area contributed by atoms with Crippen molar-refractivity contribution >= 4 is 30.1 Å². The molecule has 0 spiro atoms. The number of rotatable bonds is 7. The zero-order valence-electron chi connectivity index (χ0n) is 18.4. The molecule has 0 fully saturated rings. The second kappa shape index (κ2) is 8.72. The van der Waals surface area contributed by atoms with Gasteiger partial charge >= 0.3 is 0 Å². The molecule has 0 radical (unpaired) electrons. The van der Waals surface area contributed by atoms with E-state index in [1.807, 2.05) is 26.1 Å². The Bertz CT molecular complexity index is 1080. The molecule has 3 aromatic rings. The zero-order valence-corrected chi connectivity index (χ0v) is 20.9. The summed E-state index contributed by atoms with van der Waals surface area (Å²) in [6.07, 6.45) is 3.42. The van der Waals surface area contributed by atoms with Crippen molar-refractivity contribution in [1.82, 2.24) is 14.8 Å². The van der Waals surface area contributed by atoms with Crippen LogP contribution in [0.3, 0.4) is 0 Å². The molecule has 0 amide bonds. The van der Waals surface area contributed by atoms with E-state index in [0.717, 1.165) is 10.2 Å². The van der Waals surface area contributed by atoms with E-state index < -0.39 is 14.4 Å². The Morgan fingerprint density at radius 1 is 1.29 bits per heavy atom. The smallest absolute Gasteiger partial charge is 0.188 e. The molecule has 166 valence electrons. The van der Waals surface area contributed by atoms with Crippen LogP contribution < -0.4 is 10.5 Å². The van der Waals surface area contributed by atoms with Crippen LogP contribution in [0, 0.1) is 5.82 Å². The summed E-state index contributed by atoms with van der Waals surface area (Å²) in [5.74, 6) is 0.295. The molecule has 1 aromatic carbocycles. The first-order valence-electron chi connectivity index (χ1n) is 10.0. The predicted molar refractivity (Wildman–Crippen MR) is 126 cm³/mol. The van der Waals surface area contributed by atoms with Crippen molar-refractivity contribution in [3.63, 3.8) is 0 Å². The number of hydrogen-bond donors (Lipinski definition) is 2. The summed E-state index contributed by atoms with van der Waals surface area (Å²) in [7, 11) is -2.42. The van der Waals surface area contributed by atoms with Crippen LogP contribution in [0.5, 0.6) is 5.75 Å². The molecular weight excluding hydrogens is 479 g/mol. The largest absolute Gasteiger partial charge is 0.482 e. The summed E-state index contributed by atoms with van der Waals surface area (Å²) in [6, 6.07) is 8.20. The average molecular weight is 507 g/mol. The standard InChI is InChI=1S/C22H28BrFN4O2Si/c1-14(30-20-10-15(23)13-26-21(20)25)18-11-16(24)6-7-19(18)28-17(8-9-27-28)12-22(2,3)31(4,5)29/h6-11,13-14,29H,12H2,1-5H3,(H2,25,26)/t14-/m1/s1. The van der Waals surface area contributed by atoms with Crippen LogP contribution in [0.2, 0.25) is 18.1 Å². The van der Waals surface area contributed by atoms with Gasteiger partial charge in [0.05, 0.1) is 5.69 Å². The van der Waals surface area contributed by atoms with Crippen LogP contribution in [-0.4, -0.2) is 27.9 Å². The Balaban J connectivity index is 2.00. The number of aromatic nitrogens is 3. The SMILES string of the molecule is C[C@@H](Oc1cc(Br)cnc1N)c1cc(F)ccc1-n1nccc1CC(C)(C)[Si](C)(C)O. The van der Waals surface area contributed by atoms with E-state index in [4.69, 9.17) is 10.5 Å². The first-order chi connectivity index (χ1) is 14.4. The van der Waals surface area contributed by atoms with E-state index in [2.05, 4.69) is 39.9 Å². The van der Waals surface area contributed by atoms with Gasteiger partial charge in [-0.25, -0.2) is 14.1 Å². The summed E-state index contributed by atoms with van der Waals surface area (Å²) in [5.41, 5.74) is 8.22. The third-order valence-electron chi connectivity index (χ3n) is 5.81. The molecule has 0 aliphatic rings. The van der Waals surface area contributed by atoms with Gasteiger partial charge in [0.1, 0.15) is 11.9 Å². The van der Waals surface area contributed by atoms with Gasteiger partial charge in [-0.1, -0.05) is 13.8 Å². The third kappa shape index (κ3) is 5.16. The molecule has 9 heteroatoms. The molecule has 3 rings (SSSR count). The minimum atomic E-state index is -2.42. The van der Waals surface area contributed by atoms with E-state index in [1.165, 1.54) is 12.1 Å². The lowest BCUT2D eigenvalue weighted by Crippen LogP contribution is -2.40. The molecule has 0 aliphatic heterocycles. The van der Waals surface area contributed by atoms with E-state index in [0.29, 0.717) is 23.4 Å². The second-order valence-electron chi connectivity index (χ2n) is 8.85. The highest BCUT2D eigenvalue weighted by molar-refractivity contribution is 9.10. The fourth-order valence-corrected chi connectivity index (χ4v) is 4.10. The van der Waals surface area contributed by atoms with E-state index in [-0.39, 0.29) is 16.7 Å². The lowest BCUT2D eigenvalue weighted by Gasteiger charge is -2.35. The van der Waals surface area contributed by atoms with Crippen LogP contribution in [0.15, 0.2) is 47.2 Å². The van der Waals surface area contributed by atoms with Crippen molar-refractivity contribution < 1.29 is 13.9 Å². The number of halogens is 2. The number of hydrogen-bond acceptors (Lipinski definition) is 5. The predicted octanol–water partition coefficient (Wildman–Crippen LogP) is 5.41. The third-order valence-corrected chi connectivity index (χ3v) is 9.73. The van der Waals surface area contributed by atoms with Gasteiger partial charge < -0.3 is 15.3 Å². The minimum Gasteiger partial charge on any atom is -0.482 e. The van der Waals surface area contributed by atoms with Crippen LogP contribution in [0.4, 0.5) is 10.2 Å². The average Bonchev–Trinajstić information content (AvgIpc) is 3.11. The number of anilines is 1. The molecule has 0 bridgehead atoms. The minimum absolute atomic E-state index is 0.254. The van der Waals surface area contributed by atoms with E-state index >= 15 is 0 Å². The summed E-state index contributed by atoms with van der Waals surface area (Å²) >= 11 is 3.36. The fourth-order valence-electron chi connectivity index (χ4n) is 3.17. The first kappa shape index (κ1) is 23.4. The number of pyridine rings is 1.